The molecule has 2 aliphatic rings. The van der Waals surface area contributed by atoms with E-state index in [1.807, 2.05) is 0 Å². The summed E-state index contributed by atoms with van der Waals surface area (Å²) in [5, 5.41) is 3.71. The van der Waals surface area contributed by atoms with Gasteiger partial charge >= 0.3 is 0 Å². The van der Waals surface area contributed by atoms with Crippen LogP contribution in [0, 0.1) is 5.92 Å². The SMILES string of the molecule is CN1CCCC2CCCCNC2C1. The molecule has 13 heavy (non-hydrogen) atoms. The Kier molecular flexibility index (Phi) is 3.23. The Morgan fingerprint density at radius 3 is 2.92 bits per heavy atom. The van der Waals surface area contributed by atoms with Crippen LogP contribution in [0.4, 0.5) is 0 Å². The Balaban J connectivity index is 1.98. The molecule has 2 saturated heterocycles. The quantitative estimate of drug-likeness (QED) is 0.610. The Morgan fingerprint density at radius 1 is 1.15 bits per heavy atom. The van der Waals surface area contributed by atoms with Crippen molar-refractivity contribution in [2.45, 2.75) is 38.1 Å². The summed E-state index contributed by atoms with van der Waals surface area (Å²) >= 11 is 0. The molecule has 1 N–H and O–H groups in total. The predicted molar refractivity (Wildman–Crippen MR) is 55.9 cm³/mol. The maximum atomic E-state index is 3.71. The summed E-state index contributed by atoms with van der Waals surface area (Å²) < 4.78 is 0. The topological polar surface area (TPSA) is 15.3 Å². The van der Waals surface area contributed by atoms with Crippen molar-refractivity contribution < 1.29 is 0 Å². The van der Waals surface area contributed by atoms with Crippen molar-refractivity contribution in [3.8, 4) is 0 Å². The molecule has 2 atom stereocenters. The molecule has 0 radical (unpaired) electrons. The first-order chi connectivity index (χ1) is 6.36. The van der Waals surface area contributed by atoms with E-state index in [-0.39, 0.29) is 0 Å². The van der Waals surface area contributed by atoms with Gasteiger partial charge in [0.1, 0.15) is 0 Å². The molecule has 2 rings (SSSR count). The number of nitrogens with one attached hydrogen (secondary N) is 1. The molecule has 2 heteroatoms. The summed E-state index contributed by atoms with van der Waals surface area (Å²) in [6.45, 7) is 3.81. The van der Waals surface area contributed by atoms with E-state index >= 15 is 0 Å². The summed E-state index contributed by atoms with van der Waals surface area (Å²) in [5.74, 6) is 0.965. The number of likely N-dealkylation sites (N-methyl/N-ethyl adjacent to an activating group) is 1. The minimum absolute atomic E-state index is 0.787. The van der Waals surface area contributed by atoms with E-state index in [0.29, 0.717) is 0 Å². The van der Waals surface area contributed by atoms with Crippen LogP contribution in [-0.4, -0.2) is 37.6 Å². The maximum Gasteiger partial charge on any atom is 0.0223 e. The molecule has 0 amide bonds. The van der Waals surface area contributed by atoms with E-state index in [9.17, 15) is 0 Å². The zero-order chi connectivity index (χ0) is 9.10. The molecule has 0 aromatic heterocycles. The lowest BCUT2D eigenvalue weighted by molar-refractivity contribution is 0.283. The average Bonchev–Trinajstić information content (AvgIpc) is 2.38. The third-order valence-electron chi connectivity index (χ3n) is 3.60. The first-order valence-electron chi connectivity index (χ1n) is 5.78. The largest absolute Gasteiger partial charge is 0.312 e. The van der Waals surface area contributed by atoms with Crippen molar-refractivity contribution in [2.24, 2.45) is 5.92 Å². The van der Waals surface area contributed by atoms with Gasteiger partial charge in [0.25, 0.3) is 0 Å². The summed E-state index contributed by atoms with van der Waals surface area (Å²) in [6, 6.07) is 0.787. The number of hydrogen-bond donors (Lipinski definition) is 1. The molecule has 0 aromatic rings. The van der Waals surface area contributed by atoms with Crippen molar-refractivity contribution in [3.05, 3.63) is 0 Å². The van der Waals surface area contributed by atoms with Crippen LogP contribution in [0.5, 0.6) is 0 Å². The lowest BCUT2D eigenvalue weighted by Crippen LogP contribution is -2.41. The molecule has 2 aliphatic heterocycles. The van der Waals surface area contributed by atoms with Crippen LogP contribution in [0.2, 0.25) is 0 Å². The standard InChI is InChI=1S/C11H22N2/c1-13-8-4-6-10-5-2-3-7-12-11(10)9-13/h10-12H,2-9H2,1H3. The van der Waals surface area contributed by atoms with E-state index in [1.54, 1.807) is 0 Å². The predicted octanol–water partition coefficient (Wildman–Crippen LogP) is 1.47. The van der Waals surface area contributed by atoms with Gasteiger partial charge in [-0.05, 0) is 51.7 Å². The van der Waals surface area contributed by atoms with E-state index in [1.165, 1.54) is 51.7 Å². The Labute approximate surface area is 81.7 Å². The number of hydrogen-bond acceptors (Lipinski definition) is 2. The molecular formula is C11H22N2. The Bertz CT molecular complexity index is 158. The lowest BCUT2D eigenvalue weighted by atomic mass is 9.92. The van der Waals surface area contributed by atoms with Gasteiger partial charge in [0.15, 0.2) is 0 Å². The summed E-state index contributed by atoms with van der Waals surface area (Å²) in [6.07, 6.45) is 7.14. The van der Waals surface area contributed by atoms with Crippen molar-refractivity contribution in [2.75, 3.05) is 26.7 Å². The van der Waals surface area contributed by atoms with Gasteiger partial charge < -0.3 is 10.2 Å². The summed E-state index contributed by atoms with van der Waals surface area (Å²) in [5.41, 5.74) is 0. The van der Waals surface area contributed by atoms with Gasteiger partial charge in [-0.25, -0.2) is 0 Å². The van der Waals surface area contributed by atoms with Gasteiger partial charge in [0.2, 0.25) is 0 Å². The Morgan fingerprint density at radius 2 is 2.00 bits per heavy atom. The van der Waals surface area contributed by atoms with Gasteiger partial charge in [0, 0.05) is 12.6 Å². The average molecular weight is 182 g/mol. The van der Waals surface area contributed by atoms with Crippen molar-refractivity contribution in [1.82, 2.24) is 10.2 Å². The van der Waals surface area contributed by atoms with Crippen molar-refractivity contribution in [1.29, 1.82) is 0 Å². The van der Waals surface area contributed by atoms with Gasteiger partial charge in [-0.1, -0.05) is 6.42 Å². The maximum absolute atomic E-state index is 3.71. The minimum Gasteiger partial charge on any atom is -0.312 e. The minimum atomic E-state index is 0.787. The second-order valence-corrected chi connectivity index (χ2v) is 4.72. The fourth-order valence-electron chi connectivity index (χ4n) is 2.80. The second kappa shape index (κ2) is 4.43. The van der Waals surface area contributed by atoms with Crippen LogP contribution in [-0.2, 0) is 0 Å². The van der Waals surface area contributed by atoms with E-state index in [0.717, 1.165) is 12.0 Å². The highest BCUT2D eigenvalue weighted by molar-refractivity contribution is 4.84. The number of rotatable bonds is 0. The first kappa shape index (κ1) is 9.47. The zero-order valence-corrected chi connectivity index (χ0v) is 8.76. The molecule has 2 unspecified atom stereocenters. The Hall–Kier alpha value is -0.0800. The summed E-state index contributed by atoms with van der Waals surface area (Å²) in [4.78, 5) is 2.49. The van der Waals surface area contributed by atoms with Crippen LogP contribution in [0.1, 0.15) is 32.1 Å². The normalized spacial score (nSPS) is 37.6. The number of nitrogens with zero attached hydrogens (tertiary/aromatic N) is 1. The molecule has 0 saturated carbocycles. The molecular weight excluding hydrogens is 160 g/mol. The van der Waals surface area contributed by atoms with Crippen molar-refractivity contribution >= 4 is 0 Å². The monoisotopic (exact) mass is 182 g/mol. The fraction of sp³-hybridized carbons (Fsp3) is 1.00. The molecule has 76 valence electrons. The van der Waals surface area contributed by atoms with E-state index in [2.05, 4.69) is 17.3 Å². The van der Waals surface area contributed by atoms with Gasteiger partial charge in [-0.15, -0.1) is 0 Å². The molecule has 0 spiro atoms. The second-order valence-electron chi connectivity index (χ2n) is 4.72. The van der Waals surface area contributed by atoms with Crippen LogP contribution < -0.4 is 5.32 Å². The van der Waals surface area contributed by atoms with Crippen molar-refractivity contribution in [3.63, 3.8) is 0 Å². The smallest absolute Gasteiger partial charge is 0.0223 e. The highest BCUT2D eigenvalue weighted by Crippen LogP contribution is 2.24. The summed E-state index contributed by atoms with van der Waals surface area (Å²) in [7, 11) is 2.26. The third-order valence-corrected chi connectivity index (χ3v) is 3.60. The molecule has 0 aliphatic carbocycles. The molecule has 2 fully saturated rings. The van der Waals surface area contributed by atoms with E-state index < -0.39 is 0 Å². The molecule has 0 bridgehead atoms. The third kappa shape index (κ3) is 2.44. The zero-order valence-electron chi connectivity index (χ0n) is 8.76. The van der Waals surface area contributed by atoms with Crippen LogP contribution >= 0.6 is 0 Å². The molecule has 2 heterocycles. The first-order valence-corrected chi connectivity index (χ1v) is 5.78. The fourth-order valence-corrected chi connectivity index (χ4v) is 2.80. The highest BCUT2D eigenvalue weighted by atomic mass is 15.1. The van der Waals surface area contributed by atoms with Gasteiger partial charge in [-0.3, -0.25) is 0 Å². The van der Waals surface area contributed by atoms with Gasteiger partial charge in [-0.2, -0.15) is 0 Å². The number of fused-ring (bicyclic) bond motifs is 1. The van der Waals surface area contributed by atoms with Crippen LogP contribution in [0.3, 0.4) is 0 Å². The molecule has 2 nitrogen and oxygen atoms in total. The van der Waals surface area contributed by atoms with Crippen LogP contribution in [0.15, 0.2) is 0 Å². The van der Waals surface area contributed by atoms with E-state index in [4.69, 9.17) is 0 Å². The van der Waals surface area contributed by atoms with Gasteiger partial charge in [0.05, 0.1) is 0 Å². The lowest BCUT2D eigenvalue weighted by Gasteiger charge is -2.25. The number of likely N-dealkylation sites (tertiary alicyclic amines) is 1. The van der Waals surface area contributed by atoms with Crippen LogP contribution in [0.25, 0.3) is 0 Å². The highest BCUT2D eigenvalue weighted by Gasteiger charge is 2.26. The molecule has 0 aromatic carbocycles.